The highest BCUT2D eigenvalue weighted by Crippen LogP contribution is 2.37. The first-order valence-electron chi connectivity index (χ1n) is 8.08. The Bertz CT molecular complexity index is 731. The zero-order chi connectivity index (χ0) is 17.8. The topological polar surface area (TPSA) is 54.9 Å². The van der Waals surface area contributed by atoms with E-state index in [0.29, 0.717) is 36.8 Å². The number of methoxy groups -OCH3 is 1. The van der Waals surface area contributed by atoms with Crippen molar-refractivity contribution in [1.29, 1.82) is 0 Å². The van der Waals surface area contributed by atoms with Gasteiger partial charge in [0, 0.05) is 43.3 Å². The molecular weight excluding hydrogens is 406 g/mol. The highest BCUT2D eigenvalue weighted by Gasteiger charge is 2.25. The number of carbonyl (C=O) groups excluding carboxylic acids is 1. The van der Waals surface area contributed by atoms with Crippen LogP contribution in [0.1, 0.15) is 17.3 Å². The number of nitrogens with zero attached hydrogens (tertiary/aromatic N) is 3. The fourth-order valence-electron chi connectivity index (χ4n) is 2.78. The van der Waals surface area contributed by atoms with E-state index in [4.69, 9.17) is 9.47 Å². The second-order valence-electron chi connectivity index (χ2n) is 5.52. The molecule has 6 nitrogen and oxygen atoms in total. The predicted octanol–water partition coefficient (Wildman–Crippen LogP) is 3.28. The van der Waals surface area contributed by atoms with Crippen molar-refractivity contribution in [3.05, 3.63) is 33.7 Å². The quantitative estimate of drug-likeness (QED) is 0.735. The van der Waals surface area contributed by atoms with Gasteiger partial charge in [0.05, 0.1) is 18.2 Å². The van der Waals surface area contributed by atoms with E-state index in [9.17, 15) is 4.79 Å². The van der Waals surface area contributed by atoms with Gasteiger partial charge in [-0.25, -0.2) is 4.98 Å². The maximum atomic E-state index is 12.9. The first kappa shape index (κ1) is 18.0. The van der Waals surface area contributed by atoms with Gasteiger partial charge < -0.3 is 19.3 Å². The van der Waals surface area contributed by atoms with Crippen molar-refractivity contribution in [2.75, 3.05) is 44.8 Å². The number of anilines is 1. The molecule has 0 bridgehead atoms. The van der Waals surface area contributed by atoms with Gasteiger partial charge in [-0.15, -0.1) is 11.3 Å². The molecular formula is C17H20BrN3O3S. The van der Waals surface area contributed by atoms with Crippen molar-refractivity contribution in [2.24, 2.45) is 0 Å². The van der Waals surface area contributed by atoms with Crippen LogP contribution in [0.5, 0.6) is 11.5 Å². The Morgan fingerprint density at radius 2 is 2.08 bits per heavy atom. The van der Waals surface area contributed by atoms with Gasteiger partial charge in [-0.2, -0.15) is 0 Å². The molecule has 25 heavy (non-hydrogen) atoms. The number of halogens is 1. The van der Waals surface area contributed by atoms with Crippen LogP contribution in [0.3, 0.4) is 0 Å². The lowest BCUT2D eigenvalue weighted by Gasteiger charge is -2.34. The Morgan fingerprint density at radius 3 is 2.68 bits per heavy atom. The Balaban J connectivity index is 1.72. The number of thiazole rings is 1. The van der Waals surface area contributed by atoms with Gasteiger partial charge in [0.25, 0.3) is 5.91 Å². The Morgan fingerprint density at radius 1 is 1.32 bits per heavy atom. The Hall–Kier alpha value is -1.80. The summed E-state index contributed by atoms with van der Waals surface area (Å²) in [5, 5.41) is 2.98. The molecule has 0 atom stereocenters. The zero-order valence-corrected chi connectivity index (χ0v) is 16.6. The molecule has 0 unspecified atom stereocenters. The summed E-state index contributed by atoms with van der Waals surface area (Å²) in [4.78, 5) is 21.3. The predicted molar refractivity (Wildman–Crippen MR) is 102 cm³/mol. The van der Waals surface area contributed by atoms with Gasteiger partial charge in [-0.1, -0.05) is 0 Å². The van der Waals surface area contributed by atoms with Gasteiger partial charge in [0.15, 0.2) is 16.6 Å². The van der Waals surface area contributed by atoms with Gasteiger partial charge in [-0.3, -0.25) is 4.79 Å². The maximum absolute atomic E-state index is 12.9. The molecule has 3 rings (SSSR count). The summed E-state index contributed by atoms with van der Waals surface area (Å²) in [5.41, 5.74) is 0.592. The summed E-state index contributed by atoms with van der Waals surface area (Å²) in [5.74, 6) is 1.18. The van der Waals surface area contributed by atoms with Gasteiger partial charge in [0.1, 0.15) is 0 Å². The summed E-state index contributed by atoms with van der Waals surface area (Å²) in [6.07, 6.45) is 1.81. The zero-order valence-electron chi connectivity index (χ0n) is 14.2. The van der Waals surface area contributed by atoms with Gasteiger partial charge >= 0.3 is 0 Å². The number of rotatable bonds is 5. The lowest BCUT2D eigenvalue weighted by molar-refractivity contribution is 0.0746. The summed E-state index contributed by atoms with van der Waals surface area (Å²) >= 11 is 5.10. The second kappa shape index (κ2) is 8.05. The molecule has 2 heterocycles. The fourth-order valence-corrected chi connectivity index (χ4v) is 4.04. The van der Waals surface area contributed by atoms with E-state index < -0.39 is 0 Å². The van der Waals surface area contributed by atoms with E-state index in [2.05, 4.69) is 25.8 Å². The SMILES string of the molecule is CCOc1c(Br)cc(C(=O)N2CCN(c3nccs3)CC2)cc1OC. The van der Waals surface area contributed by atoms with Crippen molar-refractivity contribution >= 4 is 38.3 Å². The summed E-state index contributed by atoms with van der Waals surface area (Å²) in [7, 11) is 1.57. The molecule has 1 fully saturated rings. The van der Waals surface area contributed by atoms with Crippen LogP contribution in [0.4, 0.5) is 5.13 Å². The van der Waals surface area contributed by atoms with E-state index in [1.165, 1.54) is 0 Å². The smallest absolute Gasteiger partial charge is 0.254 e. The molecule has 0 saturated carbocycles. The van der Waals surface area contributed by atoms with Crippen LogP contribution in [0.2, 0.25) is 0 Å². The van der Waals surface area contributed by atoms with Crippen LogP contribution < -0.4 is 14.4 Å². The van der Waals surface area contributed by atoms with Crippen LogP contribution in [0.15, 0.2) is 28.2 Å². The first-order valence-corrected chi connectivity index (χ1v) is 9.75. The van der Waals surface area contributed by atoms with Crippen LogP contribution in [-0.2, 0) is 0 Å². The van der Waals surface area contributed by atoms with Crippen LogP contribution in [0, 0.1) is 0 Å². The molecule has 1 saturated heterocycles. The number of aromatic nitrogens is 1. The Labute approximate surface area is 159 Å². The number of hydrogen-bond acceptors (Lipinski definition) is 6. The highest BCUT2D eigenvalue weighted by molar-refractivity contribution is 9.10. The lowest BCUT2D eigenvalue weighted by atomic mass is 10.1. The van der Waals surface area contributed by atoms with Crippen LogP contribution >= 0.6 is 27.3 Å². The number of benzene rings is 1. The molecule has 0 N–H and O–H groups in total. The summed E-state index contributed by atoms with van der Waals surface area (Å²) < 4.78 is 11.7. The van der Waals surface area contributed by atoms with Crippen molar-refractivity contribution in [1.82, 2.24) is 9.88 Å². The van der Waals surface area contributed by atoms with Gasteiger partial charge in [-0.05, 0) is 35.0 Å². The molecule has 134 valence electrons. The number of amides is 1. The van der Waals surface area contributed by atoms with Crippen molar-refractivity contribution in [3.8, 4) is 11.5 Å². The van der Waals surface area contributed by atoms with Gasteiger partial charge in [0.2, 0.25) is 0 Å². The second-order valence-corrected chi connectivity index (χ2v) is 7.24. The first-order chi connectivity index (χ1) is 12.1. The number of carbonyl (C=O) groups is 1. The van der Waals surface area contributed by atoms with E-state index in [-0.39, 0.29) is 5.91 Å². The summed E-state index contributed by atoms with van der Waals surface area (Å²) in [6.45, 7) is 5.36. The fraction of sp³-hybridized carbons (Fsp3) is 0.412. The third kappa shape index (κ3) is 3.90. The van der Waals surface area contributed by atoms with Crippen molar-refractivity contribution < 1.29 is 14.3 Å². The van der Waals surface area contributed by atoms with Crippen LogP contribution in [-0.4, -0.2) is 55.7 Å². The molecule has 1 aliphatic rings. The van der Waals surface area contributed by atoms with E-state index in [1.807, 2.05) is 17.2 Å². The third-order valence-corrected chi connectivity index (χ3v) is 5.44. The van der Waals surface area contributed by atoms with E-state index in [0.717, 1.165) is 22.7 Å². The van der Waals surface area contributed by atoms with E-state index in [1.54, 1.807) is 36.8 Å². The summed E-state index contributed by atoms with van der Waals surface area (Å²) in [6, 6.07) is 3.54. The average Bonchev–Trinajstić information content (AvgIpc) is 3.17. The number of ether oxygens (including phenoxy) is 2. The maximum Gasteiger partial charge on any atom is 0.254 e. The molecule has 2 aromatic rings. The van der Waals surface area contributed by atoms with E-state index >= 15 is 0 Å². The third-order valence-electron chi connectivity index (χ3n) is 4.02. The highest BCUT2D eigenvalue weighted by atomic mass is 79.9. The Kier molecular flexibility index (Phi) is 5.80. The molecule has 1 amide bonds. The molecule has 0 aliphatic carbocycles. The average molecular weight is 426 g/mol. The minimum Gasteiger partial charge on any atom is -0.493 e. The molecule has 1 aliphatic heterocycles. The molecule has 1 aromatic heterocycles. The number of hydrogen-bond donors (Lipinski definition) is 0. The lowest BCUT2D eigenvalue weighted by Crippen LogP contribution is -2.48. The minimum atomic E-state index is 0.000775. The van der Waals surface area contributed by atoms with Crippen LogP contribution in [0.25, 0.3) is 0 Å². The van der Waals surface area contributed by atoms with Crippen molar-refractivity contribution in [2.45, 2.75) is 6.92 Å². The standard InChI is InChI=1S/C17H20BrN3O3S/c1-3-24-15-13(18)10-12(11-14(15)23-2)16(22)20-5-7-21(8-6-20)17-19-4-9-25-17/h4,9-11H,3,5-8H2,1-2H3. The number of piperazine rings is 1. The normalized spacial score (nSPS) is 14.5. The minimum absolute atomic E-state index is 0.000775. The van der Waals surface area contributed by atoms with Crippen molar-refractivity contribution in [3.63, 3.8) is 0 Å². The largest absolute Gasteiger partial charge is 0.493 e. The molecule has 0 radical (unpaired) electrons. The molecule has 0 spiro atoms. The molecule has 1 aromatic carbocycles. The molecule has 8 heteroatoms. The monoisotopic (exact) mass is 425 g/mol.